The van der Waals surface area contributed by atoms with Gasteiger partial charge in [0.25, 0.3) is 0 Å². The minimum absolute atomic E-state index is 0.520. The fourth-order valence-electron chi connectivity index (χ4n) is 2.18. The van der Waals surface area contributed by atoms with Gasteiger partial charge in [-0.05, 0) is 56.5 Å². The molecule has 1 rings (SSSR count). The summed E-state index contributed by atoms with van der Waals surface area (Å²) in [7, 11) is 2.01. The molecule has 0 atom stereocenters. The van der Waals surface area contributed by atoms with Crippen molar-refractivity contribution in [3.8, 4) is 5.75 Å². The lowest BCUT2D eigenvalue weighted by atomic mass is 10.0. The molecule has 0 aliphatic rings. The number of nitrogens with one attached hydrogen (secondary N) is 1. The summed E-state index contributed by atoms with van der Waals surface area (Å²) in [5, 5.41) is 3.18. The predicted molar refractivity (Wildman–Crippen MR) is 83.2 cm³/mol. The van der Waals surface area contributed by atoms with Gasteiger partial charge in [-0.1, -0.05) is 38.8 Å². The number of rotatable bonds is 9. The molecule has 108 valence electrons. The second kappa shape index (κ2) is 8.98. The zero-order valence-corrected chi connectivity index (χ0v) is 13.0. The monoisotopic (exact) mass is 263 g/mol. The maximum absolute atomic E-state index is 5.97. The van der Waals surface area contributed by atoms with Gasteiger partial charge in [-0.3, -0.25) is 0 Å². The Morgan fingerprint density at radius 2 is 1.84 bits per heavy atom. The predicted octanol–water partition coefficient (Wildman–Crippen LogP) is 4.28. The van der Waals surface area contributed by atoms with Crippen molar-refractivity contribution < 1.29 is 4.74 Å². The smallest absolute Gasteiger partial charge is 0.122 e. The maximum Gasteiger partial charge on any atom is 0.122 e. The van der Waals surface area contributed by atoms with Gasteiger partial charge in [0.15, 0.2) is 0 Å². The van der Waals surface area contributed by atoms with Crippen LogP contribution in [-0.4, -0.2) is 20.2 Å². The van der Waals surface area contributed by atoms with Gasteiger partial charge in [0.2, 0.25) is 0 Å². The fraction of sp³-hybridized carbons (Fsp3) is 0.647. The van der Waals surface area contributed by atoms with Gasteiger partial charge in [-0.2, -0.15) is 0 Å². The van der Waals surface area contributed by atoms with Crippen molar-refractivity contribution in [3.63, 3.8) is 0 Å². The SMILES string of the molecule is CNCCCCCCOc1cc(C)ccc1C(C)C. The lowest BCUT2D eigenvalue weighted by molar-refractivity contribution is 0.300. The number of aryl methyl sites for hydroxylation is 1. The normalized spacial score (nSPS) is 11.0. The van der Waals surface area contributed by atoms with Crippen LogP contribution in [-0.2, 0) is 0 Å². The van der Waals surface area contributed by atoms with Gasteiger partial charge in [0.1, 0.15) is 5.75 Å². The maximum atomic E-state index is 5.97. The van der Waals surface area contributed by atoms with Crippen LogP contribution in [0.4, 0.5) is 0 Å². The van der Waals surface area contributed by atoms with Crippen molar-refractivity contribution in [1.82, 2.24) is 5.32 Å². The summed E-state index contributed by atoms with van der Waals surface area (Å²) in [6, 6.07) is 6.53. The molecule has 0 unspecified atom stereocenters. The molecule has 0 aliphatic heterocycles. The van der Waals surface area contributed by atoms with Crippen LogP contribution in [0.3, 0.4) is 0 Å². The van der Waals surface area contributed by atoms with Gasteiger partial charge in [-0.25, -0.2) is 0 Å². The second-order valence-electron chi connectivity index (χ2n) is 5.56. The van der Waals surface area contributed by atoms with E-state index in [-0.39, 0.29) is 0 Å². The molecule has 2 nitrogen and oxygen atoms in total. The van der Waals surface area contributed by atoms with Gasteiger partial charge >= 0.3 is 0 Å². The largest absolute Gasteiger partial charge is 0.493 e. The van der Waals surface area contributed by atoms with Crippen LogP contribution in [0.5, 0.6) is 5.75 Å². The Kier molecular flexibility index (Phi) is 7.57. The first-order chi connectivity index (χ1) is 9.15. The topological polar surface area (TPSA) is 21.3 Å². The third kappa shape index (κ3) is 6.11. The fourth-order valence-corrected chi connectivity index (χ4v) is 2.18. The Morgan fingerprint density at radius 3 is 2.53 bits per heavy atom. The average Bonchev–Trinajstić information content (AvgIpc) is 2.37. The van der Waals surface area contributed by atoms with E-state index in [0.717, 1.165) is 25.3 Å². The summed E-state index contributed by atoms with van der Waals surface area (Å²) in [6.07, 6.45) is 4.95. The van der Waals surface area contributed by atoms with E-state index >= 15 is 0 Å². The zero-order valence-electron chi connectivity index (χ0n) is 13.0. The van der Waals surface area contributed by atoms with Crippen LogP contribution in [0.2, 0.25) is 0 Å². The quantitative estimate of drug-likeness (QED) is 0.672. The molecule has 19 heavy (non-hydrogen) atoms. The highest BCUT2D eigenvalue weighted by Crippen LogP contribution is 2.27. The van der Waals surface area contributed by atoms with Gasteiger partial charge in [0, 0.05) is 0 Å². The van der Waals surface area contributed by atoms with E-state index in [1.165, 1.54) is 30.4 Å². The molecule has 1 N–H and O–H groups in total. The molecule has 2 heteroatoms. The lowest BCUT2D eigenvalue weighted by Gasteiger charge is -2.14. The van der Waals surface area contributed by atoms with Crippen LogP contribution in [0, 0.1) is 6.92 Å². The van der Waals surface area contributed by atoms with Crippen molar-refractivity contribution in [3.05, 3.63) is 29.3 Å². The van der Waals surface area contributed by atoms with Crippen LogP contribution in [0.15, 0.2) is 18.2 Å². The Labute approximate surface area is 118 Å². The third-order valence-electron chi connectivity index (χ3n) is 3.37. The minimum atomic E-state index is 0.520. The van der Waals surface area contributed by atoms with E-state index in [1.807, 2.05) is 7.05 Å². The van der Waals surface area contributed by atoms with Crippen LogP contribution in [0.1, 0.15) is 56.6 Å². The summed E-state index contributed by atoms with van der Waals surface area (Å²) in [5.74, 6) is 1.59. The highest BCUT2D eigenvalue weighted by atomic mass is 16.5. The summed E-state index contributed by atoms with van der Waals surface area (Å²) < 4.78 is 5.97. The number of hydrogen-bond acceptors (Lipinski definition) is 2. The molecular formula is C17H29NO. The van der Waals surface area contributed by atoms with E-state index in [1.54, 1.807) is 0 Å². The minimum Gasteiger partial charge on any atom is -0.493 e. The molecular weight excluding hydrogens is 234 g/mol. The van der Waals surface area contributed by atoms with Gasteiger partial charge < -0.3 is 10.1 Å². The van der Waals surface area contributed by atoms with Crippen molar-refractivity contribution in [1.29, 1.82) is 0 Å². The first-order valence-corrected chi connectivity index (χ1v) is 7.53. The molecule has 1 aromatic rings. The summed E-state index contributed by atoms with van der Waals surface area (Å²) in [4.78, 5) is 0. The van der Waals surface area contributed by atoms with Crippen molar-refractivity contribution >= 4 is 0 Å². The molecule has 0 aliphatic carbocycles. The number of benzene rings is 1. The van der Waals surface area contributed by atoms with E-state index in [9.17, 15) is 0 Å². The molecule has 0 heterocycles. The average molecular weight is 263 g/mol. The van der Waals surface area contributed by atoms with E-state index in [2.05, 4.69) is 44.3 Å². The van der Waals surface area contributed by atoms with Gasteiger partial charge in [0.05, 0.1) is 6.61 Å². The Morgan fingerprint density at radius 1 is 1.11 bits per heavy atom. The third-order valence-corrected chi connectivity index (χ3v) is 3.37. The molecule has 0 aromatic heterocycles. The Hall–Kier alpha value is -1.02. The first-order valence-electron chi connectivity index (χ1n) is 7.53. The summed E-state index contributed by atoms with van der Waals surface area (Å²) in [5.41, 5.74) is 2.59. The van der Waals surface area contributed by atoms with E-state index in [0.29, 0.717) is 5.92 Å². The number of ether oxygens (including phenoxy) is 1. The molecule has 1 aromatic carbocycles. The molecule has 0 saturated heterocycles. The highest BCUT2D eigenvalue weighted by molar-refractivity contribution is 5.39. The van der Waals surface area contributed by atoms with E-state index in [4.69, 9.17) is 4.74 Å². The molecule has 0 amide bonds. The molecule has 0 bridgehead atoms. The highest BCUT2D eigenvalue weighted by Gasteiger charge is 2.07. The molecule has 0 saturated carbocycles. The van der Waals surface area contributed by atoms with Crippen molar-refractivity contribution in [2.45, 2.75) is 52.4 Å². The summed E-state index contributed by atoms with van der Waals surface area (Å²) in [6.45, 7) is 8.51. The Balaban J connectivity index is 2.34. The zero-order chi connectivity index (χ0) is 14.1. The van der Waals surface area contributed by atoms with Crippen LogP contribution in [0.25, 0.3) is 0 Å². The molecule has 0 fully saturated rings. The number of hydrogen-bond donors (Lipinski definition) is 1. The van der Waals surface area contributed by atoms with Crippen molar-refractivity contribution in [2.24, 2.45) is 0 Å². The van der Waals surface area contributed by atoms with Crippen molar-refractivity contribution in [2.75, 3.05) is 20.2 Å². The van der Waals surface area contributed by atoms with Crippen LogP contribution >= 0.6 is 0 Å². The number of unbranched alkanes of at least 4 members (excludes halogenated alkanes) is 3. The standard InChI is InChI=1S/C17H29NO/c1-14(2)16-10-9-15(3)13-17(16)19-12-8-6-5-7-11-18-4/h9-10,13-14,18H,5-8,11-12H2,1-4H3. The van der Waals surface area contributed by atoms with E-state index < -0.39 is 0 Å². The molecule has 0 radical (unpaired) electrons. The second-order valence-corrected chi connectivity index (χ2v) is 5.56. The van der Waals surface area contributed by atoms with Crippen LogP contribution < -0.4 is 10.1 Å². The lowest BCUT2D eigenvalue weighted by Crippen LogP contribution is -2.07. The summed E-state index contributed by atoms with van der Waals surface area (Å²) >= 11 is 0. The first kappa shape index (κ1) is 16.0. The Bertz CT molecular complexity index is 360. The van der Waals surface area contributed by atoms with Gasteiger partial charge in [-0.15, -0.1) is 0 Å². The molecule has 0 spiro atoms.